The van der Waals surface area contributed by atoms with Gasteiger partial charge in [-0.25, -0.2) is 0 Å². The molecule has 0 spiro atoms. The molecule has 0 atom stereocenters. The third kappa shape index (κ3) is 2.50. The molecule has 2 amide bonds. The SMILES string of the molecule is CC(C)(C#N)CCCN1C(=O)c2ccccc2C1=O. The predicted octanol–water partition coefficient (Wildman–Crippen LogP) is 2.61. The van der Waals surface area contributed by atoms with Gasteiger partial charge in [0.25, 0.3) is 11.8 Å². The summed E-state index contributed by atoms with van der Waals surface area (Å²) in [5.74, 6) is -0.453. The van der Waals surface area contributed by atoms with Gasteiger partial charge in [-0.3, -0.25) is 14.5 Å². The van der Waals surface area contributed by atoms with E-state index in [2.05, 4.69) is 6.07 Å². The van der Waals surface area contributed by atoms with E-state index in [-0.39, 0.29) is 11.8 Å². The number of hydrogen-bond acceptors (Lipinski definition) is 3. The van der Waals surface area contributed by atoms with E-state index in [4.69, 9.17) is 5.26 Å². The van der Waals surface area contributed by atoms with Gasteiger partial charge in [-0.15, -0.1) is 0 Å². The molecule has 0 unspecified atom stereocenters. The van der Waals surface area contributed by atoms with Crippen molar-refractivity contribution in [3.05, 3.63) is 35.4 Å². The van der Waals surface area contributed by atoms with Crippen molar-refractivity contribution >= 4 is 11.8 Å². The third-order valence-corrected chi connectivity index (χ3v) is 3.36. The van der Waals surface area contributed by atoms with Gasteiger partial charge in [0, 0.05) is 6.54 Å². The lowest BCUT2D eigenvalue weighted by atomic mass is 9.90. The summed E-state index contributed by atoms with van der Waals surface area (Å²) in [6.07, 6.45) is 1.31. The van der Waals surface area contributed by atoms with Crippen molar-refractivity contribution in [2.24, 2.45) is 5.41 Å². The van der Waals surface area contributed by atoms with Crippen LogP contribution in [0, 0.1) is 16.7 Å². The fourth-order valence-electron chi connectivity index (χ4n) is 2.18. The average Bonchev–Trinajstić information content (AvgIpc) is 2.64. The molecule has 0 fully saturated rings. The van der Waals surface area contributed by atoms with Crippen molar-refractivity contribution in [1.82, 2.24) is 4.90 Å². The fraction of sp³-hybridized carbons (Fsp3) is 0.400. The molecule has 1 aliphatic heterocycles. The zero-order valence-corrected chi connectivity index (χ0v) is 11.1. The Bertz CT molecular complexity index is 535. The highest BCUT2D eigenvalue weighted by Gasteiger charge is 2.34. The maximum Gasteiger partial charge on any atom is 0.261 e. The molecular formula is C15H16N2O2. The number of hydrogen-bond donors (Lipinski definition) is 0. The topological polar surface area (TPSA) is 61.2 Å². The van der Waals surface area contributed by atoms with E-state index in [9.17, 15) is 9.59 Å². The second kappa shape index (κ2) is 4.85. The van der Waals surface area contributed by atoms with Crippen LogP contribution < -0.4 is 0 Å². The number of carbonyl (C=O) groups excluding carboxylic acids is 2. The van der Waals surface area contributed by atoms with Gasteiger partial charge in [0.1, 0.15) is 0 Å². The number of amides is 2. The van der Waals surface area contributed by atoms with Crippen LogP contribution in [0.25, 0.3) is 0 Å². The molecule has 1 aromatic rings. The standard InChI is InChI=1S/C15H16N2O2/c1-15(2,10-16)8-5-9-17-13(18)11-6-3-4-7-12(11)14(17)19/h3-4,6-7H,5,8-9H2,1-2H3. The molecule has 1 aliphatic rings. The molecule has 98 valence electrons. The smallest absolute Gasteiger partial charge is 0.261 e. The Kier molecular flexibility index (Phi) is 3.39. The molecule has 1 heterocycles. The maximum atomic E-state index is 12.1. The molecule has 2 rings (SSSR count). The van der Waals surface area contributed by atoms with Crippen LogP contribution in [0.5, 0.6) is 0 Å². The van der Waals surface area contributed by atoms with Gasteiger partial charge in [0.05, 0.1) is 22.6 Å². The van der Waals surface area contributed by atoms with Crippen molar-refractivity contribution in [3.8, 4) is 6.07 Å². The molecule has 0 aromatic heterocycles. The van der Waals surface area contributed by atoms with Gasteiger partial charge in [0.2, 0.25) is 0 Å². The van der Waals surface area contributed by atoms with E-state index in [0.717, 1.165) is 0 Å². The number of rotatable bonds is 4. The zero-order chi connectivity index (χ0) is 14.0. The Labute approximate surface area is 112 Å². The molecular weight excluding hydrogens is 240 g/mol. The predicted molar refractivity (Wildman–Crippen MR) is 70.4 cm³/mol. The molecule has 0 aliphatic carbocycles. The van der Waals surface area contributed by atoms with Gasteiger partial charge >= 0.3 is 0 Å². The highest BCUT2D eigenvalue weighted by atomic mass is 16.2. The minimum atomic E-state index is -0.418. The van der Waals surface area contributed by atoms with Gasteiger partial charge in [-0.2, -0.15) is 5.26 Å². The summed E-state index contributed by atoms with van der Waals surface area (Å²) in [6.45, 7) is 4.09. The Morgan fingerprint density at radius 3 is 2.16 bits per heavy atom. The van der Waals surface area contributed by atoms with Crippen LogP contribution in [0.15, 0.2) is 24.3 Å². The van der Waals surface area contributed by atoms with Gasteiger partial charge < -0.3 is 0 Å². The van der Waals surface area contributed by atoms with Crippen molar-refractivity contribution in [2.75, 3.05) is 6.54 Å². The van der Waals surface area contributed by atoms with E-state index in [0.29, 0.717) is 30.5 Å². The van der Waals surface area contributed by atoms with Crippen LogP contribution in [0.2, 0.25) is 0 Å². The number of benzene rings is 1. The highest BCUT2D eigenvalue weighted by molar-refractivity contribution is 6.21. The first kappa shape index (κ1) is 13.3. The van der Waals surface area contributed by atoms with E-state index >= 15 is 0 Å². The van der Waals surface area contributed by atoms with Crippen molar-refractivity contribution in [1.29, 1.82) is 5.26 Å². The first-order valence-corrected chi connectivity index (χ1v) is 6.33. The molecule has 4 heteroatoms. The van der Waals surface area contributed by atoms with Crippen LogP contribution in [-0.2, 0) is 0 Å². The average molecular weight is 256 g/mol. The summed E-state index contributed by atoms with van der Waals surface area (Å²) < 4.78 is 0. The van der Waals surface area contributed by atoms with E-state index in [1.54, 1.807) is 24.3 Å². The van der Waals surface area contributed by atoms with Crippen molar-refractivity contribution in [2.45, 2.75) is 26.7 Å². The molecule has 0 N–H and O–H groups in total. The lowest BCUT2D eigenvalue weighted by molar-refractivity contribution is 0.0648. The normalized spacial score (nSPS) is 14.5. The van der Waals surface area contributed by atoms with Gasteiger partial charge in [-0.05, 0) is 38.8 Å². The number of carbonyl (C=O) groups is 2. The molecule has 0 saturated heterocycles. The number of fused-ring (bicyclic) bond motifs is 1. The lowest BCUT2D eigenvalue weighted by Crippen LogP contribution is -2.31. The van der Waals surface area contributed by atoms with Crippen LogP contribution in [0.1, 0.15) is 47.4 Å². The second-order valence-electron chi connectivity index (χ2n) is 5.41. The summed E-state index contributed by atoms with van der Waals surface area (Å²) in [5, 5.41) is 8.93. The second-order valence-corrected chi connectivity index (χ2v) is 5.41. The van der Waals surface area contributed by atoms with Crippen LogP contribution >= 0.6 is 0 Å². The van der Waals surface area contributed by atoms with Crippen LogP contribution in [-0.4, -0.2) is 23.3 Å². The number of nitriles is 1. The monoisotopic (exact) mass is 256 g/mol. The molecule has 0 radical (unpaired) electrons. The summed E-state index contributed by atoms with van der Waals surface area (Å²) in [4.78, 5) is 25.4. The highest BCUT2D eigenvalue weighted by Crippen LogP contribution is 2.25. The van der Waals surface area contributed by atoms with Gasteiger partial charge in [0.15, 0.2) is 0 Å². The Balaban J connectivity index is 2.04. The first-order chi connectivity index (χ1) is 8.96. The molecule has 0 saturated carbocycles. The first-order valence-electron chi connectivity index (χ1n) is 6.33. The maximum absolute atomic E-state index is 12.1. The van der Waals surface area contributed by atoms with Crippen molar-refractivity contribution < 1.29 is 9.59 Å². The van der Waals surface area contributed by atoms with Gasteiger partial charge in [-0.1, -0.05) is 12.1 Å². The summed E-state index contributed by atoms with van der Waals surface area (Å²) >= 11 is 0. The molecule has 19 heavy (non-hydrogen) atoms. The van der Waals surface area contributed by atoms with E-state index in [1.165, 1.54) is 4.90 Å². The Morgan fingerprint density at radius 1 is 1.16 bits per heavy atom. The Hall–Kier alpha value is -2.15. The number of nitrogens with zero attached hydrogens (tertiary/aromatic N) is 2. The lowest BCUT2D eigenvalue weighted by Gasteiger charge is -2.18. The largest absolute Gasteiger partial charge is 0.274 e. The summed E-state index contributed by atoms with van der Waals surface area (Å²) in [7, 11) is 0. The summed E-state index contributed by atoms with van der Waals surface area (Å²) in [5.41, 5.74) is 0.540. The third-order valence-electron chi connectivity index (χ3n) is 3.36. The van der Waals surface area contributed by atoms with Crippen molar-refractivity contribution in [3.63, 3.8) is 0 Å². The minimum absolute atomic E-state index is 0.227. The fourth-order valence-corrected chi connectivity index (χ4v) is 2.18. The Morgan fingerprint density at radius 2 is 1.68 bits per heavy atom. The number of imide groups is 1. The molecule has 4 nitrogen and oxygen atoms in total. The van der Waals surface area contributed by atoms with Crippen LogP contribution in [0.3, 0.4) is 0 Å². The summed E-state index contributed by atoms with van der Waals surface area (Å²) in [6, 6.07) is 9.08. The minimum Gasteiger partial charge on any atom is -0.274 e. The van der Waals surface area contributed by atoms with E-state index in [1.807, 2.05) is 13.8 Å². The quantitative estimate of drug-likeness (QED) is 0.778. The molecule has 0 bridgehead atoms. The molecule has 1 aromatic carbocycles. The van der Waals surface area contributed by atoms with E-state index < -0.39 is 5.41 Å². The zero-order valence-electron chi connectivity index (χ0n) is 11.1. The van der Waals surface area contributed by atoms with Crippen LogP contribution in [0.4, 0.5) is 0 Å².